The highest BCUT2D eigenvalue weighted by Crippen LogP contribution is 2.36. The molecule has 1 heterocycles. The Morgan fingerprint density at radius 3 is 2.41 bits per heavy atom. The third-order valence-electron chi connectivity index (χ3n) is 5.96. The van der Waals surface area contributed by atoms with Gasteiger partial charge >= 0.3 is 0 Å². The van der Waals surface area contributed by atoms with Crippen molar-refractivity contribution in [3.63, 3.8) is 0 Å². The smallest absolute Gasteiger partial charge is 0.130 e. The summed E-state index contributed by atoms with van der Waals surface area (Å²) >= 11 is 5.45. The number of aromatic nitrogens is 1. The molecule has 0 bridgehead atoms. The molecule has 3 nitrogen and oxygen atoms in total. The molecule has 1 atom stereocenters. The van der Waals surface area contributed by atoms with E-state index in [0.717, 1.165) is 22.3 Å². The fourth-order valence-corrected chi connectivity index (χ4v) is 4.76. The molecule has 0 amide bonds. The second-order valence-corrected chi connectivity index (χ2v) is 8.46. The largest absolute Gasteiger partial charge is 0.487 e. The molecule has 4 heteroatoms. The van der Waals surface area contributed by atoms with E-state index in [2.05, 4.69) is 29.2 Å². The molecule has 1 aliphatic rings. The number of thiocarbonyl (C=S) groups is 1. The summed E-state index contributed by atoms with van der Waals surface area (Å²) in [4.78, 5) is 5.29. The van der Waals surface area contributed by atoms with Gasteiger partial charge < -0.3 is 10.5 Å². The first kappa shape index (κ1) is 19.8. The van der Waals surface area contributed by atoms with Gasteiger partial charge in [-0.25, -0.2) is 4.98 Å². The number of hydrogen-bond donors (Lipinski definition) is 1. The SMILES string of the molecule is NC(=S)C(c1ccc(OCc2ccc3ccccc3n2)cc1)C1CCCCCC1. The van der Waals surface area contributed by atoms with Crippen LogP contribution in [0.1, 0.15) is 55.7 Å². The number of fused-ring (bicyclic) bond motifs is 1. The van der Waals surface area contributed by atoms with Crippen LogP contribution in [0.3, 0.4) is 0 Å². The Balaban J connectivity index is 1.43. The predicted molar refractivity (Wildman–Crippen MR) is 123 cm³/mol. The van der Waals surface area contributed by atoms with Gasteiger partial charge in [0.1, 0.15) is 12.4 Å². The van der Waals surface area contributed by atoms with E-state index in [1.54, 1.807) is 0 Å². The average Bonchev–Trinajstić information content (AvgIpc) is 3.02. The summed E-state index contributed by atoms with van der Waals surface area (Å²) < 4.78 is 5.98. The normalized spacial score (nSPS) is 16.3. The van der Waals surface area contributed by atoms with Crippen molar-refractivity contribution in [2.24, 2.45) is 11.7 Å². The van der Waals surface area contributed by atoms with Gasteiger partial charge in [-0.15, -0.1) is 0 Å². The molecule has 1 aliphatic carbocycles. The Morgan fingerprint density at radius 1 is 0.966 bits per heavy atom. The molecule has 2 aromatic carbocycles. The zero-order valence-corrected chi connectivity index (χ0v) is 17.5. The van der Waals surface area contributed by atoms with Gasteiger partial charge in [0.25, 0.3) is 0 Å². The minimum absolute atomic E-state index is 0.166. The maximum absolute atomic E-state index is 6.16. The van der Waals surface area contributed by atoms with Crippen LogP contribution < -0.4 is 10.5 Å². The highest BCUT2D eigenvalue weighted by atomic mass is 32.1. The lowest BCUT2D eigenvalue weighted by Gasteiger charge is -2.26. The quantitative estimate of drug-likeness (QED) is 0.395. The molecule has 1 saturated carbocycles. The van der Waals surface area contributed by atoms with Crippen LogP contribution in [0.4, 0.5) is 0 Å². The van der Waals surface area contributed by atoms with Gasteiger partial charge in [0.2, 0.25) is 0 Å². The molecule has 1 aromatic heterocycles. The first-order valence-corrected chi connectivity index (χ1v) is 11.0. The molecule has 4 rings (SSSR count). The topological polar surface area (TPSA) is 48.1 Å². The first-order valence-electron chi connectivity index (χ1n) is 10.6. The summed E-state index contributed by atoms with van der Waals surface area (Å²) in [5.41, 5.74) is 9.29. The molecular weight excluding hydrogens is 376 g/mol. The Morgan fingerprint density at radius 2 is 1.69 bits per heavy atom. The maximum Gasteiger partial charge on any atom is 0.130 e. The Kier molecular flexibility index (Phi) is 6.40. The minimum atomic E-state index is 0.166. The third kappa shape index (κ3) is 4.94. The number of rotatable bonds is 6. The van der Waals surface area contributed by atoms with Crippen LogP contribution in [0.15, 0.2) is 60.7 Å². The molecule has 0 saturated heterocycles. The molecule has 0 spiro atoms. The van der Waals surface area contributed by atoms with Gasteiger partial charge in [-0.3, -0.25) is 0 Å². The van der Waals surface area contributed by atoms with E-state index < -0.39 is 0 Å². The summed E-state index contributed by atoms with van der Waals surface area (Å²) in [5, 5.41) is 1.14. The number of ether oxygens (including phenoxy) is 1. The van der Waals surface area contributed by atoms with Crippen LogP contribution in [-0.4, -0.2) is 9.97 Å². The summed E-state index contributed by atoms with van der Waals surface area (Å²) in [5.74, 6) is 1.56. The van der Waals surface area contributed by atoms with Crippen molar-refractivity contribution in [2.75, 3.05) is 0 Å². The fourth-order valence-electron chi connectivity index (χ4n) is 4.43. The molecule has 1 unspecified atom stereocenters. The molecule has 0 aliphatic heterocycles. The number of para-hydroxylation sites is 1. The van der Waals surface area contributed by atoms with Gasteiger partial charge in [0.05, 0.1) is 16.2 Å². The Labute approximate surface area is 178 Å². The van der Waals surface area contributed by atoms with E-state index in [1.165, 1.54) is 44.1 Å². The van der Waals surface area contributed by atoms with Crippen LogP contribution >= 0.6 is 12.2 Å². The summed E-state index contributed by atoms with van der Waals surface area (Å²) in [7, 11) is 0. The molecule has 2 N–H and O–H groups in total. The second kappa shape index (κ2) is 9.36. The predicted octanol–water partition coefficient (Wildman–Crippen LogP) is 6.15. The summed E-state index contributed by atoms with van der Waals surface area (Å²) in [6, 6.07) is 20.5. The highest BCUT2D eigenvalue weighted by Gasteiger charge is 2.26. The van der Waals surface area contributed by atoms with Crippen molar-refractivity contribution in [3.8, 4) is 5.75 Å². The number of benzene rings is 2. The van der Waals surface area contributed by atoms with Crippen LogP contribution in [-0.2, 0) is 6.61 Å². The van der Waals surface area contributed by atoms with E-state index in [9.17, 15) is 0 Å². The van der Waals surface area contributed by atoms with Gasteiger partial charge in [0, 0.05) is 11.3 Å². The van der Waals surface area contributed by atoms with Gasteiger partial charge in [-0.1, -0.05) is 74.3 Å². The first-order chi connectivity index (χ1) is 14.2. The summed E-state index contributed by atoms with van der Waals surface area (Å²) in [6.45, 7) is 0.450. The zero-order valence-electron chi connectivity index (χ0n) is 16.7. The van der Waals surface area contributed by atoms with Crippen molar-refractivity contribution in [2.45, 2.75) is 51.0 Å². The van der Waals surface area contributed by atoms with Gasteiger partial charge in [-0.2, -0.15) is 0 Å². The van der Waals surface area contributed by atoms with Crippen LogP contribution in [0.2, 0.25) is 0 Å². The highest BCUT2D eigenvalue weighted by molar-refractivity contribution is 7.80. The number of nitrogens with two attached hydrogens (primary N) is 1. The Hall–Kier alpha value is -2.46. The van der Waals surface area contributed by atoms with Gasteiger partial charge in [-0.05, 0) is 48.6 Å². The number of nitrogens with zero attached hydrogens (tertiary/aromatic N) is 1. The number of hydrogen-bond acceptors (Lipinski definition) is 3. The zero-order chi connectivity index (χ0) is 20.1. The maximum atomic E-state index is 6.16. The van der Waals surface area contributed by atoms with Crippen molar-refractivity contribution < 1.29 is 4.74 Å². The lowest BCUT2D eigenvalue weighted by atomic mass is 9.81. The standard InChI is InChI=1S/C25H28N2OS/c26-25(29)24(19-8-3-1-2-4-9-19)20-12-15-22(16-13-20)28-17-21-14-11-18-7-5-6-10-23(18)27-21/h5-7,10-16,19,24H,1-4,8-9,17H2,(H2,26,29). The third-order valence-corrected chi connectivity index (χ3v) is 6.21. The van der Waals surface area contributed by atoms with Crippen molar-refractivity contribution in [1.29, 1.82) is 0 Å². The molecule has 1 fully saturated rings. The lowest BCUT2D eigenvalue weighted by Crippen LogP contribution is -2.26. The average molecular weight is 405 g/mol. The van der Waals surface area contributed by atoms with Crippen LogP contribution in [0.5, 0.6) is 5.75 Å². The second-order valence-electron chi connectivity index (χ2n) is 7.98. The molecule has 3 aromatic rings. The monoisotopic (exact) mass is 404 g/mol. The van der Waals surface area contributed by atoms with E-state index in [0.29, 0.717) is 17.5 Å². The van der Waals surface area contributed by atoms with E-state index in [1.807, 2.05) is 36.4 Å². The lowest BCUT2D eigenvalue weighted by molar-refractivity contribution is 0.301. The van der Waals surface area contributed by atoms with Crippen molar-refractivity contribution in [3.05, 3.63) is 71.9 Å². The van der Waals surface area contributed by atoms with E-state index in [-0.39, 0.29) is 5.92 Å². The summed E-state index contributed by atoms with van der Waals surface area (Å²) in [6.07, 6.45) is 7.65. The Bertz CT molecular complexity index is 962. The molecular formula is C25H28N2OS. The van der Waals surface area contributed by atoms with Crippen molar-refractivity contribution >= 4 is 28.1 Å². The molecule has 29 heavy (non-hydrogen) atoms. The van der Waals surface area contributed by atoms with E-state index >= 15 is 0 Å². The molecule has 0 radical (unpaired) electrons. The van der Waals surface area contributed by atoms with Gasteiger partial charge in [0.15, 0.2) is 0 Å². The minimum Gasteiger partial charge on any atom is -0.487 e. The molecule has 150 valence electrons. The van der Waals surface area contributed by atoms with E-state index in [4.69, 9.17) is 22.7 Å². The van der Waals surface area contributed by atoms with Crippen LogP contribution in [0.25, 0.3) is 10.9 Å². The van der Waals surface area contributed by atoms with Crippen molar-refractivity contribution in [1.82, 2.24) is 4.98 Å². The number of pyridine rings is 1. The van der Waals surface area contributed by atoms with Crippen LogP contribution in [0, 0.1) is 5.92 Å². The fraction of sp³-hybridized carbons (Fsp3) is 0.360.